The molecule has 7 nitrogen and oxygen atoms in total. The Labute approximate surface area is 217 Å². The number of carbonyl (C=O) groups is 1. The summed E-state index contributed by atoms with van der Waals surface area (Å²) in [4.78, 5) is 24.5. The Bertz CT molecular complexity index is 1470. The lowest BCUT2D eigenvalue weighted by molar-refractivity contribution is -0.123. The molecule has 1 aromatic carbocycles. The lowest BCUT2D eigenvalue weighted by atomic mass is 9.98. The number of hydrogen-bond donors (Lipinski definition) is 0. The van der Waals surface area contributed by atoms with Crippen LogP contribution >= 0.6 is 34.3 Å². The summed E-state index contributed by atoms with van der Waals surface area (Å²) < 4.78 is 29.4. The molecule has 0 spiro atoms. The topological polar surface area (TPSA) is 83.5 Å². The lowest BCUT2D eigenvalue weighted by Gasteiger charge is -2.33. The maximum Gasteiger partial charge on any atom is 0.252 e. The highest BCUT2D eigenvalue weighted by molar-refractivity contribution is 7.91. The Morgan fingerprint density at radius 1 is 1.23 bits per heavy atom. The first-order valence-corrected chi connectivity index (χ1v) is 14.6. The summed E-state index contributed by atoms with van der Waals surface area (Å²) in [6, 6.07) is 12.9. The molecule has 1 aliphatic rings. The zero-order valence-electron chi connectivity index (χ0n) is 18.9. The highest BCUT2D eigenvalue weighted by atomic mass is 35.5. The SMILES string of the molecule is Cc1ccc2nc(N(Cc3cccnc3)C(=O)C3CCCN(S(=O)(=O)c4ccc(Cl)s4)C3)sc2c1. The molecule has 5 rings (SSSR count). The van der Waals surface area contributed by atoms with Crippen molar-refractivity contribution in [1.29, 1.82) is 0 Å². The van der Waals surface area contributed by atoms with Crippen LogP contribution in [0.15, 0.2) is 59.1 Å². The molecule has 1 saturated heterocycles. The minimum atomic E-state index is -3.71. The van der Waals surface area contributed by atoms with E-state index in [9.17, 15) is 13.2 Å². The summed E-state index contributed by atoms with van der Waals surface area (Å²) in [7, 11) is -3.71. The van der Waals surface area contributed by atoms with E-state index in [1.807, 2.05) is 31.2 Å². The molecule has 0 bridgehead atoms. The van der Waals surface area contributed by atoms with Crippen molar-refractivity contribution in [3.63, 3.8) is 0 Å². The third-order valence-electron chi connectivity index (χ3n) is 5.97. The van der Waals surface area contributed by atoms with Crippen molar-refractivity contribution >= 4 is 65.6 Å². The van der Waals surface area contributed by atoms with Crippen LogP contribution in [0.4, 0.5) is 5.13 Å². The smallest absolute Gasteiger partial charge is 0.252 e. The van der Waals surface area contributed by atoms with Gasteiger partial charge in [-0.15, -0.1) is 11.3 Å². The molecule has 0 radical (unpaired) electrons. The van der Waals surface area contributed by atoms with Crippen molar-refractivity contribution in [3.05, 3.63) is 70.3 Å². The van der Waals surface area contributed by atoms with Gasteiger partial charge in [-0.3, -0.25) is 14.7 Å². The third kappa shape index (κ3) is 5.12. The summed E-state index contributed by atoms with van der Waals surface area (Å²) in [6.07, 6.45) is 4.64. The number of fused-ring (bicyclic) bond motifs is 1. The zero-order chi connectivity index (χ0) is 24.6. The van der Waals surface area contributed by atoms with Gasteiger partial charge in [-0.05, 0) is 61.2 Å². The van der Waals surface area contributed by atoms with Gasteiger partial charge in [-0.1, -0.05) is 35.1 Å². The van der Waals surface area contributed by atoms with Gasteiger partial charge in [-0.25, -0.2) is 13.4 Å². The number of carbonyl (C=O) groups excluding carboxylic acids is 1. The number of piperidine rings is 1. The first-order chi connectivity index (χ1) is 16.8. The molecule has 4 aromatic rings. The molecule has 1 atom stereocenters. The van der Waals surface area contributed by atoms with E-state index in [4.69, 9.17) is 16.6 Å². The number of aromatic nitrogens is 2. The van der Waals surface area contributed by atoms with E-state index in [0.29, 0.717) is 35.4 Å². The van der Waals surface area contributed by atoms with Crippen LogP contribution in [-0.4, -0.2) is 41.7 Å². The fourth-order valence-electron chi connectivity index (χ4n) is 4.20. The van der Waals surface area contributed by atoms with Crippen LogP contribution in [0.5, 0.6) is 0 Å². The van der Waals surface area contributed by atoms with E-state index in [1.165, 1.54) is 21.7 Å². The number of benzene rings is 1. The quantitative estimate of drug-likeness (QED) is 0.325. The van der Waals surface area contributed by atoms with Crippen molar-refractivity contribution in [2.75, 3.05) is 18.0 Å². The fraction of sp³-hybridized carbons (Fsp3) is 0.292. The van der Waals surface area contributed by atoms with E-state index < -0.39 is 15.9 Å². The number of rotatable bonds is 6. The molecule has 182 valence electrons. The predicted octanol–water partition coefficient (Wildman–Crippen LogP) is 5.35. The van der Waals surface area contributed by atoms with Gasteiger partial charge in [0.05, 0.1) is 27.0 Å². The van der Waals surface area contributed by atoms with Crippen LogP contribution in [0.25, 0.3) is 10.2 Å². The molecule has 35 heavy (non-hydrogen) atoms. The number of hydrogen-bond acceptors (Lipinski definition) is 7. The zero-order valence-corrected chi connectivity index (χ0v) is 22.1. The normalized spacial score (nSPS) is 17.0. The summed E-state index contributed by atoms with van der Waals surface area (Å²) in [5.41, 5.74) is 2.84. The first kappa shape index (κ1) is 24.3. The van der Waals surface area contributed by atoms with E-state index in [-0.39, 0.29) is 16.7 Å². The summed E-state index contributed by atoms with van der Waals surface area (Å²) in [6.45, 7) is 2.85. The lowest BCUT2D eigenvalue weighted by Crippen LogP contribution is -2.46. The van der Waals surface area contributed by atoms with Gasteiger partial charge in [0.25, 0.3) is 10.0 Å². The summed E-state index contributed by atoms with van der Waals surface area (Å²) in [5.74, 6) is -0.604. The molecule has 3 aromatic heterocycles. The number of thiazole rings is 1. The molecule has 0 aliphatic carbocycles. The predicted molar refractivity (Wildman–Crippen MR) is 141 cm³/mol. The monoisotopic (exact) mass is 546 g/mol. The number of amides is 1. The van der Waals surface area contributed by atoms with E-state index >= 15 is 0 Å². The van der Waals surface area contributed by atoms with Crippen LogP contribution in [0.2, 0.25) is 4.34 Å². The second-order valence-electron chi connectivity index (χ2n) is 8.51. The Morgan fingerprint density at radius 2 is 2.09 bits per heavy atom. The Balaban J connectivity index is 1.45. The fourth-order valence-corrected chi connectivity index (χ4v) is 8.42. The number of thiophene rings is 1. The van der Waals surface area contributed by atoms with Gasteiger partial charge in [0.15, 0.2) is 5.13 Å². The van der Waals surface area contributed by atoms with Crippen LogP contribution in [0.3, 0.4) is 0 Å². The number of sulfonamides is 1. The van der Waals surface area contributed by atoms with Gasteiger partial charge in [0.2, 0.25) is 5.91 Å². The van der Waals surface area contributed by atoms with Crippen molar-refractivity contribution in [2.45, 2.75) is 30.5 Å². The molecule has 1 aliphatic heterocycles. The van der Waals surface area contributed by atoms with Gasteiger partial charge >= 0.3 is 0 Å². The number of pyridine rings is 1. The van der Waals surface area contributed by atoms with Crippen molar-refractivity contribution in [2.24, 2.45) is 5.92 Å². The standard InChI is InChI=1S/C24H23ClN4O3S3/c1-16-6-7-19-20(12-16)33-24(27-19)29(14-17-4-2-10-26-13-17)23(30)18-5-3-11-28(15-18)35(31,32)22-9-8-21(25)34-22/h2,4,6-10,12-13,18H,3,5,11,14-15H2,1H3. The molecule has 1 fully saturated rings. The maximum atomic E-state index is 13.9. The highest BCUT2D eigenvalue weighted by Gasteiger charge is 2.36. The molecule has 0 saturated carbocycles. The summed E-state index contributed by atoms with van der Waals surface area (Å²) in [5, 5.41) is 0.601. The first-order valence-electron chi connectivity index (χ1n) is 11.1. The number of anilines is 1. The Morgan fingerprint density at radius 3 is 2.83 bits per heavy atom. The molecular formula is C24H23ClN4O3S3. The van der Waals surface area contributed by atoms with E-state index in [2.05, 4.69) is 11.1 Å². The molecular weight excluding hydrogens is 524 g/mol. The van der Waals surface area contributed by atoms with E-state index in [0.717, 1.165) is 32.7 Å². The largest absolute Gasteiger partial charge is 0.283 e. The summed E-state index contributed by atoms with van der Waals surface area (Å²) >= 11 is 8.48. The molecule has 1 amide bonds. The van der Waals surface area contributed by atoms with Crippen LogP contribution < -0.4 is 4.90 Å². The number of aryl methyl sites for hydroxylation is 1. The molecule has 4 heterocycles. The van der Waals surface area contributed by atoms with Gasteiger partial charge in [0, 0.05) is 25.5 Å². The molecule has 1 unspecified atom stereocenters. The average molecular weight is 547 g/mol. The van der Waals surface area contributed by atoms with Crippen molar-refractivity contribution in [3.8, 4) is 0 Å². The molecule has 11 heteroatoms. The number of halogens is 1. The Kier molecular flexibility index (Phi) is 6.91. The van der Waals surface area contributed by atoms with Crippen LogP contribution in [0.1, 0.15) is 24.0 Å². The number of nitrogens with zero attached hydrogens (tertiary/aromatic N) is 4. The van der Waals surface area contributed by atoms with E-state index in [1.54, 1.807) is 23.4 Å². The minimum absolute atomic E-state index is 0.129. The second-order valence-corrected chi connectivity index (χ2v) is 13.4. The van der Waals surface area contributed by atoms with Crippen molar-refractivity contribution in [1.82, 2.24) is 14.3 Å². The minimum Gasteiger partial charge on any atom is -0.283 e. The van der Waals surface area contributed by atoms with Gasteiger partial charge < -0.3 is 0 Å². The van der Waals surface area contributed by atoms with Gasteiger partial charge in [-0.2, -0.15) is 4.31 Å². The van der Waals surface area contributed by atoms with Gasteiger partial charge in [0.1, 0.15) is 4.21 Å². The Hall–Kier alpha value is -2.37. The maximum absolute atomic E-state index is 13.9. The average Bonchev–Trinajstić information content (AvgIpc) is 3.49. The second kappa shape index (κ2) is 9.94. The third-order valence-corrected chi connectivity index (χ3v) is 10.6. The van der Waals surface area contributed by atoms with Crippen LogP contribution in [0, 0.1) is 12.8 Å². The molecule has 0 N–H and O–H groups in total. The van der Waals surface area contributed by atoms with Crippen LogP contribution in [-0.2, 0) is 21.4 Å². The van der Waals surface area contributed by atoms with Crippen molar-refractivity contribution < 1.29 is 13.2 Å². The highest BCUT2D eigenvalue weighted by Crippen LogP contribution is 2.34.